The summed E-state index contributed by atoms with van der Waals surface area (Å²) >= 11 is 0. The van der Waals surface area contributed by atoms with Crippen LogP contribution >= 0.6 is 0 Å². The normalized spacial score (nSPS) is 13.1. The molecule has 0 fully saturated rings. The molecule has 0 amide bonds. The van der Waals surface area contributed by atoms with Crippen LogP contribution in [0.1, 0.15) is 265 Å². The van der Waals surface area contributed by atoms with Gasteiger partial charge in [0, 0.05) is 19.3 Å². The van der Waals surface area contributed by atoms with E-state index in [1.807, 2.05) is 0 Å². The summed E-state index contributed by atoms with van der Waals surface area (Å²) in [5.74, 6) is -0.921. The van der Waals surface area contributed by atoms with Gasteiger partial charge in [0.25, 0.3) is 0 Å². The second kappa shape index (κ2) is 62.1. The van der Waals surface area contributed by atoms with Crippen molar-refractivity contribution in [3.05, 3.63) is 134 Å². The third-order valence-corrected chi connectivity index (χ3v) is 12.7. The average molecular weight is 1040 g/mol. The van der Waals surface area contributed by atoms with E-state index in [2.05, 4.69) is 154 Å². The second-order valence-corrected chi connectivity index (χ2v) is 19.9. The van der Waals surface area contributed by atoms with Gasteiger partial charge in [-0.05, 0) is 116 Å². The molecule has 1 atom stereocenters. The predicted molar refractivity (Wildman–Crippen MR) is 325 cm³/mol. The van der Waals surface area contributed by atoms with Gasteiger partial charge in [-0.1, -0.05) is 264 Å². The number of allylic oxidation sites excluding steroid dienone is 22. The van der Waals surface area contributed by atoms with Crippen molar-refractivity contribution in [2.75, 3.05) is 13.2 Å². The summed E-state index contributed by atoms with van der Waals surface area (Å²) < 4.78 is 16.8. The maximum Gasteiger partial charge on any atom is 0.306 e. The van der Waals surface area contributed by atoms with Crippen molar-refractivity contribution < 1.29 is 28.6 Å². The molecular formula is C69H112O6. The van der Waals surface area contributed by atoms with Crippen molar-refractivity contribution in [2.45, 2.75) is 271 Å². The molecule has 424 valence electrons. The highest BCUT2D eigenvalue weighted by atomic mass is 16.6. The van der Waals surface area contributed by atoms with Crippen LogP contribution in [0.25, 0.3) is 0 Å². The minimum Gasteiger partial charge on any atom is -0.462 e. The lowest BCUT2D eigenvalue weighted by Gasteiger charge is -2.18. The van der Waals surface area contributed by atoms with Gasteiger partial charge in [0.2, 0.25) is 0 Å². The molecule has 0 N–H and O–H groups in total. The molecular weight excluding hydrogens is 925 g/mol. The van der Waals surface area contributed by atoms with Crippen LogP contribution in [0.4, 0.5) is 0 Å². The first-order valence-electron chi connectivity index (χ1n) is 30.7. The third-order valence-electron chi connectivity index (χ3n) is 12.7. The van der Waals surface area contributed by atoms with E-state index in [-0.39, 0.29) is 31.1 Å². The Morgan fingerprint density at radius 1 is 0.280 bits per heavy atom. The molecule has 0 spiro atoms. The molecule has 0 saturated carbocycles. The largest absolute Gasteiger partial charge is 0.462 e. The number of hydrogen-bond acceptors (Lipinski definition) is 6. The van der Waals surface area contributed by atoms with Crippen LogP contribution in [-0.4, -0.2) is 37.2 Å². The van der Waals surface area contributed by atoms with Gasteiger partial charge < -0.3 is 14.2 Å². The van der Waals surface area contributed by atoms with Crippen molar-refractivity contribution in [1.29, 1.82) is 0 Å². The van der Waals surface area contributed by atoms with Gasteiger partial charge in [-0.2, -0.15) is 0 Å². The Hall–Kier alpha value is -4.45. The molecule has 0 heterocycles. The monoisotopic (exact) mass is 1040 g/mol. The molecule has 0 rings (SSSR count). The molecule has 0 aliphatic rings. The van der Waals surface area contributed by atoms with Crippen molar-refractivity contribution in [1.82, 2.24) is 0 Å². The molecule has 6 nitrogen and oxygen atoms in total. The Morgan fingerprint density at radius 3 is 0.813 bits per heavy atom. The lowest BCUT2D eigenvalue weighted by Crippen LogP contribution is -2.30. The number of carbonyl (C=O) groups excluding carboxylic acids is 3. The molecule has 75 heavy (non-hydrogen) atoms. The molecule has 0 aromatic heterocycles. The Balaban J connectivity index is 4.21. The van der Waals surface area contributed by atoms with E-state index in [0.717, 1.165) is 148 Å². The summed E-state index contributed by atoms with van der Waals surface area (Å²) in [6, 6.07) is 0. The van der Waals surface area contributed by atoms with Gasteiger partial charge in [0.1, 0.15) is 13.2 Å². The Labute approximate surface area is 462 Å². The van der Waals surface area contributed by atoms with Crippen LogP contribution in [-0.2, 0) is 28.6 Å². The molecule has 0 aliphatic carbocycles. The number of hydrogen-bond donors (Lipinski definition) is 0. The fraction of sp³-hybridized carbons (Fsp3) is 0.638. The van der Waals surface area contributed by atoms with Crippen molar-refractivity contribution >= 4 is 17.9 Å². The van der Waals surface area contributed by atoms with Crippen LogP contribution in [0, 0.1) is 0 Å². The summed E-state index contributed by atoms with van der Waals surface area (Å²) in [6.45, 7) is 6.35. The minimum atomic E-state index is -0.792. The second-order valence-electron chi connectivity index (χ2n) is 19.9. The first-order chi connectivity index (χ1) is 37.0. The number of unbranched alkanes of at least 4 members (excludes halogenated alkanes) is 21. The zero-order valence-corrected chi connectivity index (χ0v) is 48.5. The van der Waals surface area contributed by atoms with E-state index < -0.39 is 6.10 Å². The van der Waals surface area contributed by atoms with E-state index >= 15 is 0 Å². The molecule has 0 aromatic carbocycles. The maximum atomic E-state index is 12.8. The minimum absolute atomic E-state index is 0.0897. The summed E-state index contributed by atoms with van der Waals surface area (Å²) in [4.78, 5) is 38.0. The molecule has 0 aromatic rings. The van der Waals surface area contributed by atoms with Gasteiger partial charge >= 0.3 is 17.9 Å². The lowest BCUT2D eigenvalue weighted by molar-refractivity contribution is -0.167. The van der Waals surface area contributed by atoms with Gasteiger partial charge in [0.15, 0.2) is 6.10 Å². The fourth-order valence-corrected chi connectivity index (χ4v) is 8.12. The average Bonchev–Trinajstić information content (AvgIpc) is 3.41. The first kappa shape index (κ1) is 70.5. The molecule has 1 unspecified atom stereocenters. The highest BCUT2D eigenvalue weighted by molar-refractivity contribution is 5.71. The highest BCUT2D eigenvalue weighted by Gasteiger charge is 2.19. The van der Waals surface area contributed by atoms with Crippen molar-refractivity contribution in [2.24, 2.45) is 0 Å². The van der Waals surface area contributed by atoms with Crippen LogP contribution in [0.2, 0.25) is 0 Å². The molecule has 0 saturated heterocycles. The van der Waals surface area contributed by atoms with Crippen LogP contribution in [0.15, 0.2) is 134 Å². The van der Waals surface area contributed by atoms with Gasteiger partial charge in [-0.15, -0.1) is 0 Å². The maximum absolute atomic E-state index is 12.8. The van der Waals surface area contributed by atoms with E-state index in [9.17, 15) is 14.4 Å². The summed E-state index contributed by atoms with van der Waals surface area (Å²) in [7, 11) is 0. The zero-order chi connectivity index (χ0) is 54.3. The number of carbonyl (C=O) groups is 3. The van der Waals surface area contributed by atoms with Crippen LogP contribution < -0.4 is 0 Å². The summed E-state index contributed by atoms with van der Waals surface area (Å²) in [6.07, 6.45) is 87.6. The SMILES string of the molecule is CC/C=C\C/C=C\C/C=C\C/C=C\C/C=C\C/C=C\CCCCCCCCCCCCC(=O)OCC(COC(=O)CCCCCCCCC)OC(=O)CCCCCCC/C=C\C/C=C\C/C=C\C/C=C\C/C=C\CC. The van der Waals surface area contributed by atoms with Gasteiger partial charge in [0.05, 0.1) is 0 Å². The van der Waals surface area contributed by atoms with E-state index in [1.54, 1.807) is 0 Å². The zero-order valence-electron chi connectivity index (χ0n) is 48.5. The molecule has 0 radical (unpaired) electrons. The van der Waals surface area contributed by atoms with Gasteiger partial charge in [-0.25, -0.2) is 0 Å². The number of esters is 3. The standard InChI is InChI=1S/C69H112O6/c1-4-7-10-13-16-18-20-22-24-26-28-30-31-32-33-34-35-36-37-39-40-42-44-46-48-50-53-56-59-62-68(71)74-65-66(64-73-67(70)61-58-55-52-15-12-9-6-3)75-69(72)63-60-57-54-51-49-47-45-43-41-38-29-27-25-23-21-19-17-14-11-8-5-2/h7-8,10-11,16-19,22-25,28-30,32-33,35-36,38,43,45,66H,4-6,9,12-15,20-21,26-27,31,34,37,39-42,44,46-65H2,1-3H3/b10-7-,11-8-,18-16-,19-17-,24-22-,25-23-,30-28-,33-32-,36-35-,38-29-,45-43-. The Kier molecular flexibility index (Phi) is 58.4. The number of rotatable bonds is 54. The van der Waals surface area contributed by atoms with E-state index in [4.69, 9.17) is 14.2 Å². The third kappa shape index (κ3) is 60.3. The Bertz CT molecular complexity index is 1620. The smallest absolute Gasteiger partial charge is 0.306 e. The topological polar surface area (TPSA) is 78.9 Å². The molecule has 0 aliphatic heterocycles. The fourth-order valence-electron chi connectivity index (χ4n) is 8.12. The lowest BCUT2D eigenvalue weighted by atomic mass is 10.1. The predicted octanol–water partition coefficient (Wildman–Crippen LogP) is 21.0. The van der Waals surface area contributed by atoms with Crippen LogP contribution in [0.3, 0.4) is 0 Å². The van der Waals surface area contributed by atoms with Crippen molar-refractivity contribution in [3.8, 4) is 0 Å². The van der Waals surface area contributed by atoms with E-state index in [1.165, 1.54) is 77.0 Å². The summed E-state index contributed by atoms with van der Waals surface area (Å²) in [5, 5.41) is 0. The molecule has 0 bridgehead atoms. The van der Waals surface area contributed by atoms with Crippen LogP contribution in [0.5, 0.6) is 0 Å². The Morgan fingerprint density at radius 2 is 0.520 bits per heavy atom. The van der Waals surface area contributed by atoms with E-state index in [0.29, 0.717) is 19.3 Å². The quantitative estimate of drug-likeness (QED) is 0.0261. The highest BCUT2D eigenvalue weighted by Crippen LogP contribution is 2.15. The van der Waals surface area contributed by atoms with Crippen molar-refractivity contribution in [3.63, 3.8) is 0 Å². The number of ether oxygens (including phenoxy) is 3. The summed E-state index contributed by atoms with van der Waals surface area (Å²) in [5.41, 5.74) is 0. The first-order valence-corrected chi connectivity index (χ1v) is 30.7. The van der Waals surface area contributed by atoms with Gasteiger partial charge in [-0.3, -0.25) is 14.4 Å². The molecule has 6 heteroatoms.